The van der Waals surface area contributed by atoms with Gasteiger partial charge in [0.05, 0.1) is 0 Å². The maximum absolute atomic E-state index is 12.1. The molecule has 0 unspecified atom stereocenters. The van der Waals surface area contributed by atoms with E-state index >= 15 is 0 Å². The summed E-state index contributed by atoms with van der Waals surface area (Å²) < 4.78 is 3.59. The molecule has 0 radical (unpaired) electrons. The van der Waals surface area contributed by atoms with Gasteiger partial charge in [0.25, 0.3) is 3.79 Å². The minimum Gasteiger partial charge on any atom is -0.459 e. The van der Waals surface area contributed by atoms with Gasteiger partial charge >= 0.3 is 5.97 Å². The van der Waals surface area contributed by atoms with Crippen molar-refractivity contribution in [3.05, 3.63) is 11.6 Å². The molecule has 4 aliphatic carbocycles. The number of carbonyl (C=O) groups is 1. The SMILES string of the molecule is CC(C)CCC[C@H](C)[C@H]1CC[C@H]2[C@@H]3CC=C4C[C@@H](OC(=O)C(Cl)(Cl)Cl)CC[C@]4(C)[C@H]3CC[C@]12C. The van der Waals surface area contributed by atoms with Crippen LogP contribution in [0.1, 0.15) is 105 Å². The Kier molecular flexibility index (Phi) is 8.05. The monoisotopic (exact) mass is 530 g/mol. The van der Waals surface area contributed by atoms with E-state index in [1.165, 1.54) is 56.9 Å². The lowest BCUT2D eigenvalue weighted by Crippen LogP contribution is -2.51. The van der Waals surface area contributed by atoms with Gasteiger partial charge in [0.1, 0.15) is 6.10 Å². The van der Waals surface area contributed by atoms with Gasteiger partial charge in [0, 0.05) is 6.42 Å². The highest BCUT2D eigenvalue weighted by molar-refractivity contribution is 6.75. The Morgan fingerprint density at radius 1 is 1.06 bits per heavy atom. The van der Waals surface area contributed by atoms with Crippen LogP contribution in [0.4, 0.5) is 0 Å². The van der Waals surface area contributed by atoms with Crippen molar-refractivity contribution in [2.45, 2.75) is 115 Å². The number of alkyl halides is 3. The standard InChI is InChI=1S/C29H45Cl3O2/c1-18(2)7-6-8-19(3)23-11-12-24-22-10-9-20-17-21(34-26(33)29(30,31)32)13-15-27(20,4)25(22)14-16-28(23,24)5/h9,18-19,21-25H,6-8,10-17H2,1-5H3/t19-,21-,22-,23+,24-,25-,27-,28+/m0/s1. The average Bonchev–Trinajstić information content (AvgIpc) is 3.10. The minimum absolute atomic E-state index is 0.171. The van der Waals surface area contributed by atoms with E-state index in [-0.39, 0.29) is 11.5 Å². The average molecular weight is 532 g/mol. The first kappa shape index (κ1) is 27.1. The Morgan fingerprint density at radius 3 is 2.47 bits per heavy atom. The second kappa shape index (κ2) is 10.1. The summed E-state index contributed by atoms with van der Waals surface area (Å²) >= 11 is 17.2. The van der Waals surface area contributed by atoms with Crippen LogP contribution >= 0.6 is 34.8 Å². The molecule has 0 aromatic rings. The van der Waals surface area contributed by atoms with Crippen molar-refractivity contribution in [3.63, 3.8) is 0 Å². The van der Waals surface area contributed by atoms with Gasteiger partial charge in [-0.3, -0.25) is 0 Å². The number of hydrogen-bond donors (Lipinski definition) is 0. The summed E-state index contributed by atoms with van der Waals surface area (Å²) in [6.07, 6.45) is 16.0. The Balaban J connectivity index is 1.44. The summed E-state index contributed by atoms with van der Waals surface area (Å²) in [7, 11) is 0. The first-order chi connectivity index (χ1) is 15.9. The number of ether oxygens (including phenoxy) is 1. The molecule has 3 saturated carbocycles. The van der Waals surface area contributed by atoms with Crippen LogP contribution in [0.3, 0.4) is 0 Å². The van der Waals surface area contributed by atoms with Crippen molar-refractivity contribution in [2.75, 3.05) is 0 Å². The molecule has 0 aliphatic heterocycles. The quantitative estimate of drug-likeness (QED) is 0.194. The van der Waals surface area contributed by atoms with Crippen molar-refractivity contribution in [1.82, 2.24) is 0 Å². The zero-order chi connectivity index (χ0) is 24.9. The van der Waals surface area contributed by atoms with Gasteiger partial charge in [-0.25, -0.2) is 4.79 Å². The molecule has 0 N–H and O–H groups in total. The van der Waals surface area contributed by atoms with Crippen LogP contribution in [0.25, 0.3) is 0 Å². The lowest BCUT2D eigenvalue weighted by atomic mass is 9.47. The van der Waals surface area contributed by atoms with E-state index in [2.05, 4.69) is 40.7 Å². The summed E-state index contributed by atoms with van der Waals surface area (Å²) in [5.74, 6) is 4.23. The summed E-state index contributed by atoms with van der Waals surface area (Å²) in [4.78, 5) is 12.1. The van der Waals surface area contributed by atoms with Crippen LogP contribution in [0.2, 0.25) is 0 Å². The topological polar surface area (TPSA) is 26.3 Å². The van der Waals surface area contributed by atoms with E-state index in [9.17, 15) is 4.79 Å². The maximum atomic E-state index is 12.1. The molecule has 0 bridgehead atoms. The van der Waals surface area contributed by atoms with Gasteiger partial charge < -0.3 is 4.74 Å². The zero-order valence-electron chi connectivity index (χ0n) is 21.8. The fourth-order valence-electron chi connectivity index (χ4n) is 8.97. The Labute approximate surface area is 222 Å². The molecule has 0 saturated heterocycles. The van der Waals surface area contributed by atoms with E-state index < -0.39 is 9.76 Å². The molecule has 0 spiro atoms. The van der Waals surface area contributed by atoms with Gasteiger partial charge in [-0.05, 0) is 91.3 Å². The number of allylic oxidation sites excluding steroid dienone is 1. The molecular weight excluding hydrogens is 487 g/mol. The minimum atomic E-state index is -1.99. The normalized spacial score (nSPS) is 40.7. The number of rotatable bonds is 6. The maximum Gasteiger partial charge on any atom is 0.358 e. The van der Waals surface area contributed by atoms with Crippen LogP contribution in [0.5, 0.6) is 0 Å². The second-order valence-electron chi connectivity index (χ2n) is 13.1. The summed E-state index contributed by atoms with van der Waals surface area (Å²) in [5, 5.41) is 0. The van der Waals surface area contributed by atoms with Crippen molar-refractivity contribution < 1.29 is 9.53 Å². The van der Waals surface area contributed by atoms with Crippen molar-refractivity contribution in [3.8, 4) is 0 Å². The highest BCUT2D eigenvalue weighted by Crippen LogP contribution is 2.67. The van der Waals surface area contributed by atoms with Gasteiger partial charge in [-0.1, -0.05) is 100 Å². The van der Waals surface area contributed by atoms with E-state index in [0.717, 1.165) is 54.8 Å². The van der Waals surface area contributed by atoms with Crippen LogP contribution in [0, 0.1) is 46.3 Å². The van der Waals surface area contributed by atoms with Crippen molar-refractivity contribution in [2.24, 2.45) is 46.3 Å². The first-order valence-corrected chi connectivity index (χ1v) is 15.0. The fraction of sp³-hybridized carbons (Fsp3) is 0.897. The smallest absolute Gasteiger partial charge is 0.358 e. The molecule has 8 atom stereocenters. The Hall–Kier alpha value is 0.0800. The van der Waals surface area contributed by atoms with Gasteiger partial charge in [0.2, 0.25) is 0 Å². The predicted octanol–water partition coefficient (Wildman–Crippen LogP) is 9.31. The largest absolute Gasteiger partial charge is 0.459 e. The first-order valence-electron chi connectivity index (χ1n) is 13.8. The number of hydrogen-bond acceptors (Lipinski definition) is 2. The lowest BCUT2D eigenvalue weighted by Gasteiger charge is -2.58. The molecule has 2 nitrogen and oxygen atoms in total. The third kappa shape index (κ3) is 5.08. The number of esters is 1. The molecule has 0 aromatic carbocycles. The molecule has 0 aromatic heterocycles. The number of fused-ring (bicyclic) bond motifs is 5. The predicted molar refractivity (Wildman–Crippen MR) is 143 cm³/mol. The van der Waals surface area contributed by atoms with Gasteiger partial charge in [-0.15, -0.1) is 0 Å². The molecule has 0 heterocycles. The van der Waals surface area contributed by atoms with E-state index in [4.69, 9.17) is 39.5 Å². The summed E-state index contributed by atoms with van der Waals surface area (Å²) in [6, 6.07) is 0. The molecule has 194 valence electrons. The van der Waals surface area contributed by atoms with Gasteiger partial charge in [0.15, 0.2) is 0 Å². The molecule has 4 rings (SSSR count). The summed E-state index contributed by atoms with van der Waals surface area (Å²) in [6.45, 7) is 12.4. The van der Waals surface area contributed by atoms with Crippen LogP contribution in [-0.2, 0) is 9.53 Å². The zero-order valence-corrected chi connectivity index (χ0v) is 24.1. The molecular formula is C29H45Cl3O2. The van der Waals surface area contributed by atoms with Crippen LogP contribution < -0.4 is 0 Å². The third-order valence-electron chi connectivity index (χ3n) is 10.8. The van der Waals surface area contributed by atoms with Gasteiger partial charge in [-0.2, -0.15) is 0 Å². The molecule has 34 heavy (non-hydrogen) atoms. The molecule has 5 heteroatoms. The Morgan fingerprint density at radius 2 is 1.79 bits per heavy atom. The lowest BCUT2D eigenvalue weighted by molar-refractivity contribution is -0.150. The van der Waals surface area contributed by atoms with Crippen LogP contribution in [-0.4, -0.2) is 15.9 Å². The number of halogens is 3. The number of carbonyl (C=O) groups excluding carboxylic acids is 1. The van der Waals surface area contributed by atoms with E-state index in [0.29, 0.717) is 5.41 Å². The second-order valence-corrected chi connectivity index (χ2v) is 15.3. The fourth-order valence-corrected chi connectivity index (χ4v) is 9.10. The van der Waals surface area contributed by atoms with E-state index in [1.54, 1.807) is 0 Å². The van der Waals surface area contributed by atoms with Crippen molar-refractivity contribution >= 4 is 40.8 Å². The van der Waals surface area contributed by atoms with E-state index in [1.807, 2.05) is 0 Å². The Bertz CT molecular complexity index is 787. The highest BCUT2D eigenvalue weighted by Gasteiger charge is 2.59. The highest BCUT2D eigenvalue weighted by atomic mass is 35.6. The molecule has 0 amide bonds. The van der Waals surface area contributed by atoms with Crippen LogP contribution in [0.15, 0.2) is 11.6 Å². The molecule has 3 fully saturated rings. The molecule has 4 aliphatic rings. The third-order valence-corrected chi connectivity index (χ3v) is 11.2. The summed E-state index contributed by atoms with van der Waals surface area (Å²) in [5.41, 5.74) is 2.23. The van der Waals surface area contributed by atoms with Crippen molar-refractivity contribution in [1.29, 1.82) is 0 Å².